The van der Waals surface area contributed by atoms with Gasteiger partial charge < -0.3 is 4.74 Å². The number of rotatable bonds is 5. The van der Waals surface area contributed by atoms with Crippen molar-refractivity contribution in [1.29, 1.82) is 0 Å². The Morgan fingerprint density at radius 3 is 2.38 bits per heavy atom. The summed E-state index contributed by atoms with van der Waals surface area (Å²) in [5.74, 6) is 1.85. The lowest BCUT2D eigenvalue weighted by Crippen LogP contribution is -2.15. The Morgan fingerprint density at radius 2 is 1.81 bits per heavy atom. The summed E-state index contributed by atoms with van der Waals surface area (Å²) in [6.07, 6.45) is 1.29. The molecule has 0 aliphatic heterocycles. The van der Waals surface area contributed by atoms with Crippen molar-refractivity contribution in [2.45, 2.75) is 53.1 Å². The van der Waals surface area contributed by atoms with Crippen LogP contribution in [0.3, 0.4) is 0 Å². The van der Waals surface area contributed by atoms with Gasteiger partial charge in [0.05, 0.1) is 6.10 Å². The molecule has 0 fully saturated rings. The minimum atomic E-state index is 0.231. The fourth-order valence-corrected chi connectivity index (χ4v) is 1.74. The molecule has 1 aromatic heterocycles. The molecule has 16 heavy (non-hydrogen) atoms. The summed E-state index contributed by atoms with van der Waals surface area (Å²) < 4.78 is 5.80. The Labute approximate surface area is 99.0 Å². The molecule has 2 nitrogen and oxygen atoms in total. The van der Waals surface area contributed by atoms with Gasteiger partial charge in [0.2, 0.25) is 5.88 Å². The standard InChI is InChI=1S/C14H23NO/c1-10(2)9-12(5)16-14-8-6-7-13(15-14)11(3)4/h6-8,10-12H,9H2,1-5H3. The van der Waals surface area contributed by atoms with Gasteiger partial charge in [0.15, 0.2) is 0 Å². The lowest BCUT2D eigenvalue weighted by atomic mass is 10.1. The summed E-state index contributed by atoms with van der Waals surface area (Å²) in [4.78, 5) is 4.50. The predicted molar refractivity (Wildman–Crippen MR) is 67.9 cm³/mol. The molecule has 0 radical (unpaired) electrons. The third-order valence-corrected chi connectivity index (χ3v) is 2.46. The molecule has 0 bridgehead atoms. The zero-order chi connectivity index (χ0) is 12.1. The maximum absolute atomic E-state index is 5.80. The van der Waals surface area contributed by atoms with Gasteiger partial charge in [0, 0.05) is 11.8 Å². The van der Waals surface area contributed by atoms with E-state index in [9.17, 15) is 0 Å². The SMILES string of the molecule is CC(C)CC(C)Oc1cccc(C(C)C)n1. The van der Waals surface area contributed by atoms with Crippen molar-refractivity contribution >= 4 is 0 Å². The third-order valence-electron chi connectivity index (χ3n) is 2.46. The normalized spacial score (nSPS) is 13.2. The predicted octanol–water partition coefficient (Wildman–Crippen LogP) is 4.02. The number of pyridine rings is 1. The third kappa shape index (κ3) is 4.21. The van der Waals surface area contributed by atoms with E-state index in [-0.39, 0.29) is 6.10 Å². The van der Waals surface area contributed by atoms with Gasteiger partial charge in [-0.05, 0) is 31.2 Å². The Kier molecular flexibility index (Phi) is 4.78. The molecule has 1 atom stereocenters. The van der Waals surface area contributed by atoms with Crippen LogP contribution in [-0.2, 0) is 0 Å². The number of ether oxygens (including phenoxy) is 1. The van der Waals surface area contributed by atoms with Gasteiger partial charge in [-0.3, -0.25) is 0 Å². The Hall–Kier alpha value is -1.05. The molecular weight excluding hydrogens is 198 g/mol. The van der Waals surface area contributed by atoms with E-state index in [2.05, 4.69) is 39.6 Å². The molecular formula is C14H23NO. The molecule has 1 unspecified atom stereocenters. The second-order valence-corrected chi connectivity index (χ2v) is 5.11. The highest BCUT2D eigenvalue weighted by molar-refractivity contribution is 5.17. The molecule has 0 aliphatic rings. The maximum Gasteiger partial charge on any atom is 0.213 e. The van der Waals surface area contributed by atoms with Gasteiger partial charge in [-0.2, -0.15) is 0 Å². The summed E-state index contributed by atoms with van der Waals surface area (Å²) >= 11 is 0. The second kappa shape index (κ2) is 5.88. The van der Waals surface area contributed by atoms with Crippen LogP contribution >= 0.6 is 0 Å². The average molecular weight is 221 g/mol. The van der Waals surface area contributed by atoms with Crippen LogP contribution in [0.2, 0.25) is 0 Å². The Morgan fingerprint density at radius 1 is 1.12 bits per heavy atom. The summed E-state index contributed by atoms with van der Waals surface area (Å²) in [5.41, 5.74) is 1.09. The van der Waals surface area contributed by atoms with E-state index in [1.54, 1.807) is 0 Å². The van der Waals surface area contributed by atoms with Crippen molar-refractivity contribution < 1.29 is 4.74 Å². The van der Waals surface area contributed by atoms with Crippen LogP contribution in [0.1, 0.15) is 52.7 Å². The van der Waals surface area contributed by atoms with Crippen LogP contribution in [0.5, 0.6) is 5.88 Å². The van der Waals surface area contributed by atoms with E-state index in [1.165, 1.54) is 0 Å². The van der Waals surface area contributed by atoms with Crippen LogP contribution < -0.4 is 4.74 Å². The number of aromatic nitrogens is 1. The minimum absolute atomic E-state index is 0.231. The second-order valence-electron chi connectivity index (χ2n) is 5.11. The lowest BCUT2D eigenvalue weighted by Gasteiger charge is -2.16. The van der Waals surface area contributed by atoms with E-state index >= 15 is 0 Å². The summed E-state index contributed by atoms with van der Waals surface area (Å²) in [5, 5.41) is 0. The smallest absolute Gasteiger partial charge is 0.213 e. The summed E-state index contributed by atoms with van der Waals surface area (Å²) in [6.45, 7) is 10.8. The van der Waals surface area contributed by atoms with Crippen molar-refractivity contribution in [3.05, 3.63) is 23.9 Å². The first-order chi connectivity index (χ1) is 7.49. The van der Waals surface area contributed by atoms with Gasteiger partial charge in [0.1, 0.15) is 0 Å². The fourth-order valence-electron chi connectivity index (χ4n) is 1.74. The quantitative estimate of drug-likeness (QED) is 0.749. The molecule has 1 aromatic rings. The molecule has 0 amide bonds. The maximum atomic E-state index is 5.80. The molecule has 0 spiro atoms. The number of hydrogen-bond donors (Lipinski definition) is 0. The molecule has 0 N–H and O–H groups in total. The minimum Gasteiger partial charge on any atom is -0.475 e. The topological polar surface area (TPSA) is 22.1 Å². The average Bonchev–Trinajstić information content (AvgIpc) is 2.16. The molecule has 0 saturated carbocycles. The molecule has 90 valence electrons. The molecule has 0 aromatic carbocycles. The highest BCUT2D eigenvalue weighted by Crippen LogP contribution is 2.17. The first kappa shape index (κ1) is 13.0. The number of hydrogen-bond acceptors (Lipinski definition) is 2. The number of nitrogens with zero attached hydrogens (tertiary/aromatic N) is 1. The van der Waals surface area contributed by atoms with E-state index in [4.69, 9.17) is 4.74 Å². The molecule has 1 heterocycles. The monoisotopic (exact) mass is 221 g/mol. The van der Waals surface area contributed by atoms with Gasteiger partial charge in [-0.15, -0.1) is 0 Å². The zero-order valence-corrected chi connectivity index (χ0v) is 11.0. The van der Waals surface area contributed by atoms with Gasteiger partial charge in [0.25, 0.3) is 0 Å². The van der Waals surface area contributed by atoms with E-state index in [0.717, 1.165) is 18.0 Å². The summed E-state index contributed by atoms with van der Waals surface area (Å²) in [7, 11) is 0. The fraction of sp³-hybridized carbons (Fsp3) is 0.643. The van der Waals surface area contributed by atoms with E-state index in [1.807, 2.05) is 18.2 Å². The van der Waals surface area contributed by atoms with Crippen LogP contribution in [0.4, 0.5) is 0 Å². The summed E-state index contributed by atoms with van der Waals surface area (Å²) in [6, 6.07) is 5.99. The van der Waals surface area contributed by atoms with Crippen LogP contribution in [0.15, 0.2) is 18.2 Å². The van der Waals surface area contributed by atoms with E-state index in [0.29, 0.717) is 11.8 Å². The molecule has 0 saturated heterocycles. The van der Waals surface area contributed by atoms with Crippen molar-refractivity contribution in [1.82, 2.24) is 4.98 Å². The van der Waals surface area contributed by atoms with Crippen molar-refractivity contribution in [2.75, 3.05) is 0 Å². The van der Waals surface area contributed by atoms with E-state index < -0.39 is 0 Å². The van der Waals surface area contributed by atoms with Crippen molar-refractivity contribution in [3.8, 4) is 5.88 Å². The van der Waals surface area contributed by atoms with Crippen LogP contribution in [-0.4, -0.2) is 11.1 Å². The lowest BCUT2D eigenvalue weighted by molar-refractivity contribution is 0.185. The van der Waals surface area contributed by atoms with Crippen molar-refractivity contribution in [3.63, 3.8) is 0 Å². The van der Waals surface area contributed by atoms with Crippen LogP contribution in [0, 0.1) is 5.92 Å². The zero-order valence-electron chi connectivity index (χ0n) is 11.0. The highest BCUT2D eigenvalue weighted by Gasteiger charge is 2.08. The Bertz CT molecular complexity index is 320. The van der Waals surface area contributed by atoms with Crippen molar-refractivity contribution in [2.24, 2.45) is 5.92 Å². The molecule has 1 rings (SSSR count). The first-order valence-electron chi connectivity index (χ1n) is 6.12. The van der Waals surface area contributed by atoms with Crippen LogP contribution in [0.25, 0.3) is 0 Å². The first-order valence-corrected chi connectivity index (χ1v) is 6.12. The molecule has 0 aliphatic carbocycles. The highest BCUT2D eigenvalue weighted by atomic mass is 16.5. The largest absolute Gasteiger partial charge is 0.475 e. The van der Waals surface area contributed by atoms with Gasteiger partial charge in [-0.25, -0.2) is 4.98 Å². The molecule has 2 heteroatoms. The van der Waals surface area contributed by atoms with Gasteiger partial charge in [-0.1, -0.05) is 33.8 Å². The van der Waals surface area contributed by atoms with Gasteiger partial charge >= 0.3 is 0 Å². The Balaban J connectivity index is 2.63.